The van der Waals surface area contributed by atoms with Crippen molar-refractivity contribution in [1.82, 2.24) is 4.98 Å². The molecule has 2 nitrogen and oxygen atoms in total. The zero-order valence-electron chi connectivity index (χ0n) is 8.07. The molecule has 0 aliphatic rings. The largest absolute Gasteiger partial charge is 0.399 e. The molecule has 0 fully saturated rings. The molecule has 0 saturated carbocycles. The molecule has 0 saturated heterocycles. The van der Waals surface area contributed by atoms with Gasteiger partial charge in [-0.05, 0) is 36.2 Å². The monoisotopic (exact) mass is 184 g/mol. The minimum Gasteiger partial charge on any atom is -0.399 e. The standard InChI is InChI=1S/C12H12N2/c1-9-5-11(8-14-7-9)10-3-2-4-12(13)6-10/h2-8H,13H2,1H3. The molecule has 0 atom stereocenters. The van der Waals surface area contributed by atoms with Crippen molar-refractivity contribution >= 4 is 5.69 Å². The number of aromatic nitrogens is 1. The predicted molar refractivity (Wildman–Crippen MR) is 58.8 cm³/mol. The lowest BCUT2D eigenvalue weighted by Crippen LogP contribution is -1.86. The number of anilines is 1. The number of hydrogen-bond donors (Lipinski definition) is 1. The van der Waals surface area contributed by atoms with E-state index >= 15 is 0 Å². The molecular weight excluding hydrogens is 172 g/mol. The Morgan fingerprint density at radius 2 is 1.93 bits per heavy atom. The van der Waals surface area contributed by atoms with Crippen molar-refractivity contribution in [2.45, 2.75) is 6.92 Å². The first-order valence-corrected chi connectivity index (χ1v) is 4.53. The molecule has 0 unspecified atom stereocenters. The Bertz CT molecular complexity index is 406. The molecule has 14 heavy (non-hydrogen) atoms. The van der Waals surface area contributed by atoms with Crippen LogP contribution < -0.4 is 5.73 Å². The Morgan fingerprint density at radius 1 is 1.07 bits per heavy atom. The Hall–Kier alpha value is -1.83. The second-order valence-corrected chi connectivity index (χ2v) is 3.38. The van der Waals surface area contributed by atoms with E-state index in [1.165, 1.54) is 0 Å². The van der Waals surface area contributed by atoms with Crippen LogP contribution in [0.25, 0.3) is 11.1 Å². The Balaban J connectivity index is 2.49. The molecule has 0 aliphatic carbocycles. The van der Waals surface area contributed by atoms with Crippen molar-refractivity contribution in [3.8, 4) is 11.1 Å². The molecule has 0 bridgehead atoms. The van der Waals surface area contributed by atoms with Crippen LogP contribution in [0.3, 0.4) is 0 Å². The number of rotatable bonds is 1. The molecule has 2 heteroatoms. The van der Waals surface area contributed by atoms with Gasteiger partial charge in [-0.1, -0.05) is 12.1 Å². The summed E-state index contributed by atoms with van der Waals surface area (Å²) in [5, 5.41) is 0. The molecule has 1 aromatic heterocycles. The van der Waals surface area contributed by atoms with Gasteiger partial charge in [0.1, 0.15) is 0 Å². The van der Waals surface area contributed by atoms with Crippen LogP contribution in [0.1, 0.15) is 5.56 Å². The maximum atomic E-state index is 5.71. The van der Waals surface area contributed by atoms with E-state index in [-0.39, 0.29) is 0 Å². The lowest BCUT2D eigenvalue weighted by atomic mass is 10.1. The fourth-order valence-corrected chi connectivity index (χ4v) is 1.43. The lowest BCUT2D eigenvalue weighted by Gasteiger charge is -2.02. The Kier molecular flexibility index (Phi) is 2.19. The number of nitrogens with zero attached hydrogens (tertiary/aromatic N) is 1. The van der Waals surface area contributed by atoms with E-state index in [9.17, 15) is 0 Å². The minimum atomic E-state index is 0.781. The number of hydrogen-bond acceptors (Lipinski definition) is 2. The van der Waals surface area contributed by atoms with E-state index in [4.69, 9.17) is 5.73 Å². The average molecular weight is 184 g/mol. The van der Waals surface area contributed by atoms with E-state index in [1.54, 1.807) is 0 Å². The lowest BCUT2D eigenvalue weighted by molar-refractivity contribution is 1.27. The normalized spacial score (nSPS) is 10.1. The van der Waals surface area contributed by atoms with Crippen molar-refractivity contribution in [3.63, 3.8) is 0 Å². The molecule has 0 spiro atoms. The fraction of sp³-hybridized carbons (Fsp3) is 0.0833. The van der Waals surface area contributed by atoms with Crippen LogP contribution in [-0.2, 0) is 0 Å². The maximum Gasteiger partial charge on any atom is 0.0346 e. The van der Waals surface area contributed by atoms with Crippen molar-refractivity contribution in [2.75, 3.05) is 5.73 Å². The number of pyridine rings is 1. The number of aryl methyl sites for hydroxylation is 1. The van der Waals surface area contributed by atoms with Gasteiger partial charge in [0.25, 0.3) is 0 Å². The van der Waals surface area contributed by atoms with Gasteiger partial charge in [-0.15, -0.1) is 0 Å². The smallest absolute Gasteiger partial charge is 0.0346 e. The fourth-order valence-electron chi connectivity index (χ4n) is 1.43. The maximum absolute atomic E-state index is 5.71. The Morgan fingerprint density at radius 3 is 2.64 bits per heavy atom. The predicted octanol–water partition coefficient (Wildman–Crippen LogP) is 2.64. The summed E-state index contributed by atoms with van der Waals surface area (Å²) >= 11 is 0. The highest BCUT2D eigenvalue weighted by Crippen LogP contribution is 2.20. The molecule has 0 radical (unpaired) electrons. The van der Waals surface area contributed by atoms with Gasteiger partial charge in [-0.3, -0.25) is 4.98 Å². The summed E-state index contributed by atoms with van der Waals surface area (Å²) in [5.74, 6) is 0. The van der Waals surface area contributed by atoms with Crippen LogP contribution in [0.2, 0.25) is 0 Å². The van der Waals surface area contributed by atoms with Crippen LogP contribution >= 0.6 is 0 Å². The zero-order chi connectivity index (χ0) is 9.97. The zero-order valence-corrected chi connectivity index (χ0v) is 8.07. The summed E-state index contributed by atoms with van der Waals surface area (Å²) < 4.78 is 0. The summed E-state index contributed by atoms with van der Waals surface area (Å²) in [5.41, 5.74) is 9.87. The molecule has 0 aliphatic heterocycles. The quantitative estimate of drug-likeness (QED) is 0.692. The highest BCUT2D eigenvalue weighted by molar-refractivity contribution is 5.66. The van der Waals surface area contributed by atoms with Gasteiger partial charge >= 0.3 is 0 Å². The molecule has 1 heterocycles. The Labute approximate surface area is 83.4 Å². The SMILES string of the molecule is Cc1cncc(-c2cccc(N)c2)c1. The molecule has 2 rings (SSSR count). The molecular formula is C12H12N2. The van der Waals surface area contributed by atoms with E-state index in [0.29, 0.717) is 0 Å². The highest BCUT2D eigenvalue weighted by Gasteiger charge is 1.97. The van der Waals surface area contributed by atoms with E-state index in [1.807, 2.05) is 43.6 Å². The third-order valence-corrected chi connectivity index (χ3v) is 2.09. The summed E-state index contributed by atoms with van der Waals surface area (Å²) in [7, 11) is 0. The second-order valence-electron chi connectivity index (χ2n) is 3.38. The van der Waals surface area contributed by atoms with Gasteiger partial charge in [0.15, 0.2) is 0 Å². The number of benzene rings is 1. The van der Waals surface area contributed by atoms with Crippen LogP contribution in [0.5, 0.6) is 0 Å². The van der Waals surface area contributed by atoms with Crippen LogP contribution in [0.15, 0.2) is 42.7 Å². The van der Waals surface area contributed by atoms with Crippen molar-refractivity contribution < 1.29 is 0 Å². The summed E-state index contributed by atoms with van der Waals surface area (Å²) in [4.78, 5) is 4.15. The van der Waals surface area contributed by atoms with Gasteiger partial charge in [0.05, 0.1) is 0 Å². The van der Waals surface area contributed by atoms with Crippen molar-refractivity contribution in [2.24, 2.45) is 0 Å². The van der Waals surface area contributed by atoms with Crippen LogP contribution in [0, 0.1) is 6.92 Å². The molecule has 70 valence electrons. The average Bonchev–Trinajstić information content (AvgIpc) is 2.18. The summed E-state index contributed by atoms with van der Waals surface area (Å²) in [6.07, 6.45) is 3.69. The first-order chi connectivity index (χ1) is 6.75. The summed E-state index contributed by atoms with van der Waals surface area (Å²) in [6.45, 7) is 2.03. The molecule has 2 N–H and O–H groups in total. The van der Waals surface area contributed by atoms with Crippen molar-refractivity contribution in [1.29, 1.82) is 0 Å². The van der Waals surface area contributed by atoms with E-state index < -0.39 is 0 Å². The molecule has 0 amide bonds. The van der Waals surface area contributed by atoms with Crippen LogP contribution in [0.4, 0.5) is 5.69 Å². The first kappa shape index (κ1) is 8.75. The van der Waals surface area contributed by atoms with Gasteiger partial charge in [-0.25, -0.2) is 0 Å². The molecule has 2 aromatic rings. The van der Waals surface area contributed by atoms with Gasteiger partial charge < -0.3 is 5.73 Å². The second kappa shape index (κ2) is 3.50. The third-order valence-electron chi connectivity index (χ3n) is 2.09. The van der Waals surface area contributed by atoms with E-state index in [0.717, 1.165) is 22.4 Å². The summed E-state index contributed by atoms with van der Waals surface area (Å²) in [6, 6.07) is 9.92. The topological polar surface area (TPSA) is 38.9 Å². The van der Waals surface area contributed by atoms with Crippen molar-refractivity contribution in [3.05, 3.63) is 48.3 Å². The van der Waals surface area contributed by atoms with Crippen LogP contribution in [-0.4, -0.2) is 4.98 Å². The third kappa shape index (κ3) is 1.74. The van der Waals surface area contributed by atoms with E-state index in [2.05, 4.69) is 11.1 Å². The number of nitrogens with two attached hydrogens (primary N) is 1. The molecule has 1 aromatic carbocycles. The first-order valence-electron chi connectivity index (χ1n) is 4.53. The van der Waals surface area contributed by atoms with Gasteiger partial charge in [-0.2, -0.15) is 0 Å². The number of nitrogen functional groups attached to an aromatic ring is 1. The highest BCUT2D eigenvalue weighted by atomic mass is 14.6. The minimum absolute atomic E-state index is 0.781. The van der Waals surface area contributed by atoms with Gasteiger partial charge in [0, 0.05) is 23.6 Å². The van der Waals surface area contributed by atoms with Gasteiger partial charge in [0.2, 0.25) is 0 Å².